The quantitative estimate of drug-likeness (QED) is 0.339. The van der Waals surface area contributed by atoms with Gasteiger partial charge in [-0.3, -0.25) is 4.79 Å². The highest BCUT2D eigenvalue weighted by molar-refractivity contribution is 5.73. The van der Waals surface area contributed by atoms with Crippen LogP contribution in [-0.2, 0) is 23.7 Å². The monoisotopic (exact) mass is 630 g/mol. The maximum absolute atomic E-state index is 14.0. The molecule has 2 aliphatic heterocycles. The van der Waals surface area contributed by atoms with E-state index in [4.69, 9.17) is 24.7 Å². The van der Waals surface area contributed by atoms with Crippen LogP contribution >= 0.6 is 0 Å². The summed E-state index contributed by atoms with van der Waals surface area (Å²) < 4.78 is 24.9. The zero-order valence-corrected chi connectivity index (χ0v) is 30.1. The highest BCUT2D eigenvalue weighted by Gasteiger charge is 2.52. The smallest absolute Gasteiger partial charge is 0.311 e. The molecule has 0 amide bonds. The molecule has 2 rings (SSSR count). The molecule has 0 aromatic rings. The average molecular weight is 631 g/mol. The Morgan fingerprint density at radius 3 is 2.14 bits per heavy atom. The molecule has 2 saturated heterocycles. The van der Waals surface area contributed by atoms with Crippen LogP contribution < -0.4 is 5.73 Å². The van der Waals surface area contributed by atoms with Gasteiger partial charge in [0.25, 0.3) is 0 Å². The van der Waals surface area contributed by atoms with Gasteiger partial charge in [0.15, 0.2) is 6.29 Å². The fourth-order valence-corrected chi connectivity index (χ4v) is 8.46. The summed E-state index contributed by atoms with van der Waals surface area (Å²) >= 11 is 0. The lowest BCUT2D eigenvalue weighted by Gasteiger charge is -2.50. The van der Waals surface area contributed by atoms with E-state index in [1.54, 1.807) is 14.0 Å². The van der Waals surface area contributed by atoms with Crippen molar-refractivity contribution in [1.82, 2.24) is 4.90 Å². The number of aliphatic hydroxyl groups excluding tert-OH is 1. The maximum Gasteiger partial charge on any atom is 0.311 e. The van der Waals surface area contributed by atoms with Crippen molar-refractivity contribution in [2.75, 3.05) is 20.7 Å². The molecule has 10 heteroatoms. The van der Waals surface area contributed by atoms with Gasteiger partial charge in [-0.2, -0.15) is 0 Å². The Morgan fingerprint density at radius 2 is 1.64 bits per heavy atom. The Kier molecular flexibility index (Phi) is 13.0. The van der Waals surface area contributed by atoms with E-state index in [1.165, 1.54) is 6.92 Å². The van der Waals surface area contributed by atoms with E-state index < -0.39 is 59.3 Å². The molecule has 0 spiro atoms. The van der Waals surface area contributed by atoms with Crippen LogP contribution in [0.1, 0.15) is 102 Å². The molecule has 0 aliphatic carbocycles. The van der Waals surface area contributed by atoms with Crippen molar-refractivity contribution in [3.05, 3.63) is 0 Å². The topological polar surface area (TPSA) is 144 Å². The Hall–Kier alpha value is -0.850. The van der Waals surface area contributed by atoms with Crippen LogP contribution in [0.2, 0.25) is 0 Å². The minimum Gasteiger partial charge on any atom is -0.459 e. The molecule has 44 heavy (non-hydrogen) atoms. The van der Waals surface area contributed by atoms with Crippen LogP contribution in [-0.4, -0.2) is 106 Å². The number of cyclic esters (lactones) is 1. The third-order valence-corrected chi connectivity index (χ3v) is 10.8. The molecule has 0 radical (unpaired) electrons. The maximum atomic E-state index is 14.0. The van der Waals surface area contributed by atoms with Gasteiger partial charge in [-0.05, 0) is 84.6 Å². The summed E-state index contributed by atoms with van der Waals surface area (Å²) in [7, 11) is 3.53. The third kappa shape index (κ3) is 8.54. The van der Waals surface area contributed by atoms with Crippen molar-refractivity contribution in [1.29, 1.82) is 0 Å². The molecule has 0 aromatic heterocycles. The first-order chi connectivity index (χ1) is 19.9. The third-order valence-electron chi connectivity index (χ3n) is 10.8. The van der Waals surface area contributed by atoms with Crippen molar-refractivity contribution in [3.8, 4) is 0 Å². The van der Waals surface area contributed by atoms with Crippen LogP contribution in [0.15, 0.2) is 0 Å². The van der Waals surface area contributed by atoms with E-state index in [2.05, 4.69) is 27.7 Å². The van der Waals surface area contributed by atoms with Gasteiger partial charge in [0.05, 0.1) is 35.4 Å². The highest BCUT2D eigenvalue weighted by atomic mass is 16.7. The summed E-state index contributed by atoms with van der Waals surface area (Å²) in [4.78, 5) is 16.0. The first kappa shape index (κ1) is 39.3. The lowest BCUT2D eigenvalue weighted by Crippen LogP contribution is -2.61. The Labute approximate surface area is 267 Å². The van der Waals surface area contributed by atoms with Gasteiger partial charge in [0.2, 0.25) is 0 Å². The van der Waals surface area contributed by atoms with E-state index in [9.17, 15) is 20.1 Å². The average Bonchev–Trinajstić information content (AvgIpc) is 2.89. The van der Waals surface area contributed by atoms with E-state index >= 15 is 0 Å². The van der Waals surface area contributed by atoms with Crippen molar-refractivity contribution in [2.45, 2.75) is 162 Å². The molecule has 0 aromatic carbocycles. The predicted octanol–water partition coefficient (Wildman–Crippen LogP) is 3.72. The number of likely N-dealkylation sites (N-methyl/N-ethyl adjacent to an activating group) is 1. The van der Waals surface area contributed by atoms with Gasteiger partial charge in [-0.25, -0.2) is 0 Å². The van der Waals surface area contributed by atoms with Gasteiger partial charge in [-0.15, -0.1) is 0 Å². The van der Waals surface area contributed by atoms with Crippen molar-refractivity contribution in [3.63, 3.8) is 0 Å². The molecule has 0 bridgehead atoms. The Bertz CT molecular complexity index is 939. The van der Waals surface area contributed by atoms with Crippen LogP contribution in [0.5, 0.6) is 0 Å². The van der Waals surface area contributed by atoms with E-state index in [1.807, 2.05) is 53.5 Å². The number of carbonyl (C=O) groups is 1. The number of aliphatic hydroxyl groups is 3. The van der Waals surface area contributed by atoms with Crippen LogP contribution in [0.4, 0.5) is 0 Å². The fourth-order valence-electron chi connectivity index (χ4n) is 8.46. The normalized spacial score (nSPS) is 47.9. The van der Waals surface area contributed by atoms with Gasteiger partial charge in [0.1, 0.15) is 17.8 Å². The molecule has 2 fully saturated rings. The first-order valence-electron chi connectivity index (χ1n) is 16.6. The van der Waals surface area contributed by atoms with Crippen molar-refractivity contribution >= 4 is 5.97 Å². The fraction of sp³-hybridized carbons (Fsp3) is 0.971. The molecule has 10 nitrogen and oxygen atoms in total. The summed E-state index contributed by atoms with van der Waals surface area (Å²) in [5.41, 5.74) is 2.54. The number of rotatable bonds is 4. The van der Waals surface area contributed by atoms with Crippen molar-refractivity contribution in [2.24, 2.45) is 34.8 Å². The molecular formula is C34H66N2O8. The number of carbonyl (C=O) groups excluding carboxylic acids is 1. The SMILES string of the molecule is CC[C@H]1OC(=O)[C@H](C)[C@@H](O[C@H]2C[C@@](C)(OC)[C@@H](N)[C@H](C)O2)[C@H](C)[C@@H](C(C)(C)C)[C@](C)(O)C[C@@H](C)CN(C)[C@H](C)[C@@H](O)[C@]1(C)O. The summed E-state index contributed by atoms with van der Waals surface area (Å²) in [6, 6.07) is -0.808. The van der Waals surface area contributed by atoms with Gasteiger partial charge >= 0.3 is 5.97 Å². The molecule has 5 N–H and O–H groups in total. The van der Waals surface area contributed by atoms with Crippen LogP contribution in [0, 0.1) is 29.1 Å². The number of methoxy groups -OCH3 is 1. The molecule has 0 unspecified atom stereocenters. The van der Waals surface area contributed by atoms with Gasteiger partial charge < -0.3 is 44.9 Å². The lowest BCUT2D eigenvalue weighted by atomic mass is 9.61. The minimum absolute atomic E-state index is 0.0554. The molecule has 2 heterocycles. The number of hydrogen-bond acceptors (Lipinski definition) is 10. The second-order valence-electron chi connectivity index (χ2n) is 16.0. The Balaban J connectivity index is 2.68. The number of hydrogen-bond donors (Lipinski definition) is 4. The largest absolute Gasteiger partial charge is 0.459 e. The minimum atomic E-state index is -1.71. The number of nitrogens with zero attached hydrogens (tertiary/aromatic N) is 1. The zero-order valence-electron chi connectivity index (χ0n) is 30.1. The summed E-state index contributed by atoms with van der Waals surface area (Å²) in [5, 5.41) is 35.2. The lowest BCUT2D eigenvalue weighted by molar-refractivity contribution is -0.276. The molecule has 14 atom stereocenters. The second kappa shape index (κ2) is 14.5. The highest BCUT2D eigenvalue weighted by Crippen LogP contribution is 2.47. The Morgan fingerprint density at radius 1 is 1.07 bits per heavy atom. The number of esters is 1. The van der Waals surface area contributed by atoms with Crippen LogP contribution in [0.3, 0.4) is 0 Å². The van der Waals surface area contributed by atoms with Gasteiger partial charge in [-0.1, -0.05) is 41.5 Å². The standard InChI is InChI=1S/C34H66N2O8/c1-15-24-34(12,40)29(37)22(5)36(13)18-19(2)16-32(10,39)27(31(7,8)9)20(3)26(21(4)30(38)43-24)44-25-17-33(11,41-14)28(35)23(6)42-25/h19-29,37,39-40H,15-18,35H2,1-14H3/t19-,20+,21-,22-,23+,24-,25+,26+,27+,28+,29-,32-,33-,34-/m1/s1. The van der Waals surface area contributed by atoms with E-state index in [-0.39, 0.29) is 35.3 Å². The second-order valence-corrected chi connectivity index (χ2v) is 16.0. The summed E-state index contributed by atoms with van der Waals surface area (Å²) in [6.45, 7) is 23.7. The first-order valence-corrected chi connectivity index (χ1v) is 16.6. The van der Waals surface area contributed by atoms with E-state index in [0.29, 0.717) is 25.8 Å². The number of nitrogens with two attached hydrogens (primary N) is 1. The van der Waals surface area contributed by atoms with Crippen molar-refractivity contribution < 1.29 is 39.1 Å². The molecule has 260 valence electrons. The van der Waals surface area contributed by atoms with Gasteiger partial charge in [0, 0.05) is 26.1 Å². The summed E-state index contributed by atoms with van der Waals surface area (Å²) in [6.07, 6.45) is -2.80. The van der Waals surface area contributed by atoms with Crippen LogP contribution in [0.25, 0.3) is 0 Å². The van der Waals surface area contributed by atoms with E-state index in [0.717, 1.165) is 0 Å². The molecule has 0 saturated carbocycles. The molecular weight excluding hydrogens is 564 g/mol. The zero-order chi connectivity index (χ0) is 34.2. The number of ether oxygens (including phenoxy) is 4. The predicted molar refractivity (Wildman–Crippen MR) is 172 cm³/mol. The summed E-state index contributed by atoms with van der Waals surface area (Å²) in [5.74, 6) is -1.90. The molecule has 2 aliphatic rings.